The largest absolute Gasteiger partial charge is 0.411 e. The van der Waals surface area contributed by atoms with E-state index in [1.165, 1.54) is 5.56 Å². The van der Waals surface area contributed by atoms with Gasteiger partial charge >= 0.3 is 0 Å². The predicted molar refractivity (Wildman–Crippen MR) is 73.3 cm³/mol. The highest BCUT2D eigenvalue weighted by atomic mass is 16.4. The molecule has 1 fully saturated rings. The number of hydrogen-bond acceptors (Lipinski definition) is 2. The van der Waals surface area contributed by atoms with Gasteiger partial charge in [-0.15, -0.1) is 0 Å². The molecule has 3 nitrogen and oxygen atoms in total. The molecule has 2 N–H and O–H groups in total. The first-order chi connectivity index (χ1) is 8.70. The van der Waals surface area contributed by atoms with Crippen LogP contribution < -0.4 is 4.90 Å². The number of hydrogen-bond donors (Lipinski definition) is 2. The molecule has 0 amide bonds. The van der Waals surface area contributed by atoms with Gasteiger partial charge in [-0.25, -0.2) is 0 Å². The topological polar surface area (TPSA) is 37.0 Å². The van der Waals surface area contributed by atoms with E-state index < -0.39 is 0 Å². The Kier molecular flexibility index (Phi) is 4.37. The molecular weight excluding hydrogens is 224 g/mol. The third kappa shape index (κ3) is 3.10. The van der Waals surface area contributed by atoms with Gasteiger partial charge in [0, 0.05) is 18.8 Å². The molecule has 0 saturated carbocycles. The van der Waals surface area contributed by atoms with E-state index in [1.54, 1.807) is 4.90 Å². The van der Waals surface area contributed by atoms with Crippen LogP contribution in [0.25, 0.3) is 0 Å². The van der Waals surface area contributed by atoms with Crippen LogP contribution in [0.15, 0.2) is 35.5 Å². The van der Waals surface area contributed by atoms with Gasteiger partial charge in [0.25, 0.3) is 0 Å². The van der Waals surface area contributed by atoms with Gasteiger partial charge in [-0.3, -0.25) is 0 Å². The van der Waals surface area contributed by atoms with Crippen LogP contribution in [0.1, 0.15) is 25.8 Å². The quantitative estimate of drug-likeness (QED) is 0.614. The summed E-state index contributed by atoms with van der Waals surface area (Å²) in [5, 5.41) is 12.4. The highest BCUT2D eigenvalue weighted by molar-refractivity contribution is 5.86. The van der Waals surface area contributed by atoms with Crippen molar-refractivity contribution in [1.29, 1.82) is 0 Å². The molecule has 1 aromatic carbocycles. The molecule has 0 aromatic heterocycles. The maximum absolute atomic E-state index is 8.95. The van der Waals surface area contributed by atoms with E-state index in [9.17, 15) is 0 Å². The number of piperidine rings is 1. The Balaban J connectivity index is 1.90. The van der Waals surface area contributed by atoms with Gasteiger partial charge < -0.3 is 10.1 Å². The normalized spacial score (nSPS) is 30.6. The average Bonchev–Trinajstić information content (AvgIpc) is 2.40. The Morgan fingerprint density at radius 1 is 1.28 bits per heavy atom. The molecule has 3 atom stereocenters. The molecule has 0 spiro atoms. The van der Waals surface area contributed by atoms with E-state index in [1.807, 2.05) is 0 Å². The first-order valence-corrected chi connectivity index (χ1v) is 6.80. The Labute approximate surface area is 109 Å². The lowest BCUT2D eigenvalue weighted by Crippen LogP contribution is -3.17. The smallest absolute Gasteiger partial charge is 0.0900 e. The minimum absolute atomic E-state index is 0.400. The molecule has 1 aromatic rings. The first-order valence-electron chi connectivity index (χ1n) is 6.80. The molecule has 2 rings (SSSR count). The molecule has 0 bridgehead atoms. The second-order valence-corrected chi connectivity index (χ2v) is 5.45. The fourth-order valence-corrected chi connectivity index (χ4v) is 2.81. The summed E-state index contributed by atoms with van der Waals surface area (Å²) in [6.07, 6.45) is 2.04. The third-order valence-electron chi connectivity index (χ3n) is 4.06. The summed E-state index contributed by atoms with van der Waals surface area (Å²) < 4.78 is 0. The van der Waals surface area contributed by atoms with Crippen molar-refractivity contribution >= 4 is 5.71 Å². The molecular formula is C15H23N2O+. The lowest BCUT2D eigenvalue weighted by molar-refractivity contribution is -0.927. The molecule has 3 heteroatoms. The van der Waals surface area contributed by atoms with Crippen molar-refractivity contribution in [3.63, 3.8) is 0 Å². The van der Waals surface area contributed by atoms with Crippen LogP contribution in [0.4, 0.5) is 0 Å². The predicted octanol–water partition coefficient (Wildman–Crippen LogP) is 1.37. The average molecular weight is 247 g/mol. The maximum Gasteiger partial charge on any atom is 0.0900 e. The number of quaternary nitrogens is 1. The van der Waals surface area contributed by atoms with Crippen molar-refractivity contribution in [3.05, 3.63) is 35.9 Å². The summed E-state index contributed by atoms with van der Waals surface area (Å²) in [5.41, 5.74) is 2.37. The third-order valence-corrected chi connectivity index (χ3v) is 4.06. The number of nitrogens with one attached hydrogen (secondary N) is 1. The minimum atomic E-state index is 0.400. The van der Waals surface area contributed by atoms with Gasteiger partial charge in [-0.1, -0.05) is 42.4 Å². The van der Waals surface area contributed by atoms with E-state index in [-0.39, 0.29) is 0 Å². The van der Waals surface area contributed by atoms with E-state index in [0.29, 0.717) is 12.0 Å². The number of benzene rings is 1. The van der Waals surface area contributed by atoms with Crippen LogP contribution in [-0.4, -0.2) is 30.1 Å². The lowest BCUT2D eigenvalue weighted by Gasteiger charge is -2.34. The number of likely N-dealkylation sites (tertiary alicyclic amines) is 1. The van der Waals surface area contributed by atoms with Crippen molar-refractivity contribution in [3.8, 4) is 0 Å². The van der Waals surface area contributed by atoms with E-state index in [2.05, 4.69) is 49.3 Å². The molecule has 18 heavy (non-hydrogen) atoms. The van der Waals surface area contributed by atoms with Gasteiger partial charge in [0.2, 0.25) is 0 Å². The molecule has 1 heterocycles. The molecule has 98 valence electrons. The first kappa shape index (κ1) is 13.1. The van der Waals surface area contributed by atoms with Crippen molar-refractivity contribution in [2.24, 2.45) is 11.1 Å². The second-order valence-electron chi connectivity index (χ2n) is 5.45. The van der Waals surface area contributed by atoms with Crippen molar-refractivity contribution in [1.82, 2.24) is 0 Å². The summed E-state index contributed by atoms with van der Waals surface area (Å²) >= 11 is 0. The van der Waals surface area contributed by atoms with E-state index in [0.717, 1.165) is 31.6 Å². The highest BCUT2D eigenvalue weighted by Gasteiger charge is 2.31. The highest BCUT2D eigenvalue weighted by Crippen LogP contribution is 2.08. The molecule has 0 radical (unpaired) electrons. The zero-order valence-electron chi connectivity index (χ0n) is 11.3. The summed E-state index contributed by atoms with van der Waals surface area (Å²) in [7, 11) is 0. The fraction of sp³-hybridized carbons (Fsp3) is 0.533. The van der Waals surface area contributed by atoms with Crippen molar-refractivity contribution in [2.45, 2.75) is 32.7 Å². The zero-order chi connectivity index (χ0) is 13.0. The molecule has 1 aliphatic heterocycles. The van der Waals surface area contributed by atoms with E-state index in [4.69, 9.17) is 5.21 Å². The Hall–Kier alpha value is -1.35. The van der Waals surface area contributed by atoms with Crippen LogP contribution in [0.2, 0.25) is 0 Å². The van der Waals surface area contributed by atoms with Crippen molar-refractivity contribution in [2.75, 3.05) is 13.1 Å². The van der Waals surface area contributed by atoms with E-state index >= 15 is 0 Å². The fourth-order valence-electron chi connectivity index (χ4n) is 2.81. The van der Waals surface area contributed by atoms with Gasteiger partial charge in [-0.2, -0.15) is 0 Å². The van der Waals surface area contributed by atoms with Gasteiger partial charge in [0.1, 0.15) is 0 Å². The molecule has 1 saturated heterocycles. The Bertz CT molecular complexity index is 402. The summed E-state index contributed by atoms with van der Waals surface area (Å²) in [6, 6.07) is 11.2. The minimum Gasteiger partial charge on any atom is -0.411 e. The zero-order valence-corrected chi connectivity index (χ0v) is 11.3. The monoisotopic (exact) mass is 247 g/mol. The number of oxime groups is 1. The lowest BCUT2D eigenvalue weighted by atomic mass is 9.92. The maximum atomic E-state index is 8.95. The molecule has 1 aliphatic rings. The van der Waals surface area contributed by atoms with Crippen LogP contribution in [0.3, 0.4) is 0 Å². The van der Waals surface area contributed by atoms with Crippen LogP contribution in [0, 0.1) is 5.92 Å². The van der Waals surface area contributed by atoms with Gasteiger partial charge in [-0.05, 0) is 12.5 Å². The number of rotatable bonds is 3. The Morgan fingerprint density at radius 3 is 2.67 bits per heavy atom. The Morgan fingerprint density at radius 2 is 2.00 bits per heavy atom. The second kappa shape index (κ2) is 6.01. The van der Waals surface area contributed by atoms with Crippen LogP contribution >= 0.6 is 0 Å². The van der Waals surface area contributed by atoms with Gasteiger partial charge in [0.05, 0.1) is 24.8 Å². The van der Waals surface area contributed by atoms with Crippen molar-refractivity contribution < 1.29 is 10.1 Å². The molecule has 0 aliphatic carbocycles. The summed E-state index contributed by atoms with van der Waals surface area (Å²) in [6.45, 7) is 6.64. The summed E-state index contributed by atoms with van der Waals surface area (Å²) in [5.74, 6) is 0.400. The summed E-state index contributed by atoms with van der Waals surface area (Å²) in [4.78, 5) is 1.62. The van der Waals surface area contributed by atoms with Crippen LogP contribution in [-0.2, 0) is 6.42 Å². The molecule has 1 unspecified atom stereocenters. The SMILES string of the molecule is C[C@@H]1C[NH+](CCc2ccccc2)[C@@H](C)C/C1=N\O. The standard InChI is InChI=1S/C15H22N2O/c1-12-11-17(13(2)10-15(12)16-18)9-8-14-6-4-3-5-7-14/h3-7,12-13,18H,8-11H2,1-2H3/p+1/b16-15+/t12-,13+/m1/s1. The van der Waals surface area contributed by atoms with Gasteiger partial charge in [0.15, 0.2) is 0 Å². The number of nitrogens with zero attached hydrogens (tertiary/aromatic N) is 1. The van der Waals surface area contributed by atoms with Crippen LogP contribution in [0.5, 0.6) is 0 Å².